The molecule has 0 saturated heterocycles. The van der Waals surface area contributed by atoms with E-state index in [1.165, 1.54) is 45.0 Å². The lowest BCUT2D eigenvalue weighted by Crippen LogP contribution is -2.18. The molecule has 0 unspecified atom stereocenters. The maximum absolute atomic E-state index is 2.44. The average molecular weight is 409 g/mol. The molecule has 6 rings (SSSR count). The number of hydrogen-bond donors (Lipinski definition) is 0. The predicted octanol–water partition coefficient (Wildman–Crippen LogP) is 4.61. The Kier molecular flexibility index (Phi) is 6.84. The van der Waals surface area contributed by atoms with Crippen molar-refractivity contribution in [2.75, 3.05) is 76.0 Å². The van der Waals surface area contributed by atoms with Gasteiger partial charge < -0.3 is 19.6 Å². The van der Waals surface area contributed by atoms with Crippen molar-refractivity contribution in [1.29, 1.82) is 0 Å². The summed E-state index contributed by atoms with van der Waals surface area (Å²) >= 11 is 0. The van der Waals surface area contributed by atoms with Crippen molar-refractivity contribution < 1.29 is 0 Å². The zero-order valence-electron chi connectivity index (χ0n) is 20.3. The van der Waals surface area contributed by atoms with Crippen molar-refractivity contribution in [3.05, 3.63) is 46.5 Å². The van der Waals surface area contributed by atoms with Crippen LogP contribution in [0.5, 0.6) is 0 Å². The van der Waals surface area contributed by atoms with Crippen LogP contribution in [-0.2, 0) is 25.7 Å². The lowest BCUT2D eigenvalue weighted by Gasteiger charge is -2.27. The van der Waals surface area contributed by atoms with Gasteiger partial charge in [0.25, 0.3) is 0 Å². The van der Waals surface area contributed by atoms with Crippen LogP contribution in [0.25, 0.3) is 0 Å². The molecule has 0 spiro atoms. The van der Waals surface area contributed by atoms with Crippen LogP contribution < -0.4 is 19.6 Å². The fourth-order valence-corrected chi connectivity index (χ4v) is 4.73. The van der Waals surface area contributed by atoms with E-state index in [1.807, 2.05) is 0 Å². The predicted molar refractivity (Wildman–Crippen MR) is 134 cm³/mol. The highest BCUT2D eigenvalue weighted by Gasteiger charge is 2.17. The zero-order valence-corrected chi connectivity index (χ0v) is 20.3. The summed E-state index contributed by atoms with van der Waals surface area (Å²) in [5.74, 6) is 0. The second kappa shape index (κ2) is 9.20. The molecule has 4 aliphatic carbocycles. The minimum absolute atomic E-state index is 1.10. The van der Waals surface area contributed by atoms with Gasteiger partial charge in [0, 0.05) is 79.1 Å². The number of hydrogen-bond acceptors (Lipinski definition) is 4. The smallest absolute Gasteiger partial charge is 0.0397 e. The lowest BCUT2D eigenvalue weighted by atomic mass is 9.92. The molecule has 4 heteroatoms. The minimum atomic E-state index is 1.10. The highest BCUT2D eigenvalue weighted by molar-refractivity contribution is 5.67. The number of aryl methyl sites for hydroxylation is 4. The van der Waals surface area contributed by atoms with Gasteiger partial charge in [-0.3, -0.25) is 0 Å². The van der Waals surface area contributed by atoms with Crippen molar-refractivity contribution >= 4 is 22.7 Å². The summed E-state index contributed by atoms with van der Waals surface area (Å²) < 4.78 is 0. The Balaban J connectivity index is 2.09. The third-order valence-corrected chi connectivity index (χ3v) is 6.27. The summed E-state index contributed by atoms with van der Waals surface area (Å²) in [6.07, 6.45) is 6.70. The first kappa shape index (κ1) is 22.3. The Morgan fingerprint density at radius 2 is 0.600 bits per heavy atom. The SMILES string of the molecule is CN(C)c1cc2c(N(C)C)cc1CCCc1cc(N(C)C)c(cc1N(C)C)CCC2. The average Bonchev–Trinajstić information content (AvgIpc) is 2.68. The molecule has 164 valence electrons. The van der Waals surface area contributed by atoms with Gasteiger partial charge in [-0.25, -0.2) is 0 Å². The molecule has 0 radical (unpaired) electrons. The second-order valence-corrected chi connectivity index (χ2v) is 9.50. The molecule has 0 heterocycles. The zero-order chi connectivity index (χ0) is 22.0. The monoisotopic (exact) mass is 408 g/mol. The summed E-state index contributed by atoms with van der Waals surface area (Å²) in [5, 5.41) is 0. The molecule has 0 amide bonds. The maximum atomic E-state index is 2.44. The number of nitrogens with zero attached hydrogens (tertiary/aromatic N) is 4. The molecule has 0 N–H and O–H groups in total. The first-order valence-electron chi connectivity index (χ1n) is 11.2. The molecule has 0 saturated carbocycles. The first-order chi connectivity index (χ1) is 14.2. The molecule has 0 aliphatic heterocycles. The third-order valence-electron chi connectivity index (χ3n) is 6.27. The summed E-state index contributed by atoms with van der Waals surface area (Å²) in [6, 6.07) is 9.76. The Hall–Kier alpha value is -2.36. The summed E-state index contributed by atoms with van der Waals surface area (Å²) in [5.41, 5.74) is 11.3. The van der Waals surface area contributed by atoms with E-state index in [0.29, 0.717) is 0 Å². The standard InChI is InChI=1S/C26H40N4/c1-27(2)23-15-20-12-10-14-22-18-25(29(5)6)21(17-26(22)30(7)8)13-9-11-19(23)16-24(20)28(3)4/h15-18H,9-14H2,1-8H3. The van der Waals surface area contributed by atoms with Gasteiger partial charge in [-0.1, -0.05) is 0 Å². The Morgan fingerprint density at radius 3 is 0.767 bits per heavy atom. The molecule has 0 fully saturated rings. The largest absolute Gasteiger partial charge is 0.377 e. The Bertz CT molecular complexity index is 736. The van der Waals surface area contributed by atoms with Crippen molar-refractivity contribution in [3.8, 4) is 0 Å². The fourth-order valence-electron chi connectivity index (χ4n) is 4.73. The number of benzene rings is 2. The quantitative estimate of drug-likeness (QED) is 0.732. The van der Waals surface area contributed by atoms with E-state index in [-0.39, 0.29) is 0 Å². The normalized spacial score (nSPS) is 13.9. The molecule has 2 aromatic carbocycles. The summed E-state index contributed by atoms with van der Waals surface area (Å²) in [7, 11) is 17.4. The van der Waals surface area contributed by atoms with E-state index in [0.717, 1.165) is 38.5 Å². The molecule has 4 bridgehead atoms. The molecule has 0 aromatic heterocycles. The van der Waals surface area contributed by atoms with E-state index >= 15 is 0 Å². The van der Waals surface area contributed by atoms with Crippen LogP contribution in [0.2, 0.25) is 0 Å². The fraction of sp³-hybridized carbons (Fsp3) is 0.538. The number of rotatable bonds is 4. The molecule has 4 nitrogen and oxygen atoms in total. The maximum Gasteiger partial charge on any atom is 0.0397 e. The van der Waals surface area contributed by atoms with Gasteiger partial charge in [0.05, 0.1) is 0 Å². The topological polar surface area (TPSA) is 13.0 Å². The van der Waals surface area contributed by atoms with E-state index in [2.05, 4.69) is 100 Å². The van der Waals surface area contributed by atoms with E-state index < -0.39 is 0 Å². The van der Waals surface area contributed by atoms with Gasteiger partial charge in [0.1, 0.15) is 0 Å². The van der Waals surface area contributed by atoms with Gasteiger partial charge in [0.15, 0.2) is 0 Å². The van der Waals surface area contributed by atoms with Crippen LogP contribution in [0.4, 0.5) is 22.7 Å². The van der Waals surface area contributed by atoms with E-state index in [1.54, 1.807) is 0 Å². The minimum Gasteiger partial charge on any atom is -0.377 e. The van der Waals surface area contributed by atoms with Gasteiger partial charge in [-0.15, -0.1) is 0 Å². The van der Waals surface area contributed by atoms with Crippen LogP contribution in [0.15, 0.2) is 24.3 Å². The highest BCUT2D eigenvalue weighted by atomic mass is 15.1. The summed E-state index contributed by atoms with van der Waals surface area (Å²) in [4.78, 5) is 9.14. The molecular formula is C26H40N4. The van der Waals surface area contributed by atoms with Gasteiger partial charge in [0.2, 0.25) is 0 Å². The van der Waals surface area contributed by atoms with Crippen molar-refractivity contribution in [1.82, 2.24) is 0 Å². The van der Waals surface area contributed by atoms with Gasteiger partial charge in [-0.05, 0) is 85.0 Å². The van der Waals surface area contributed by atoms with Crippen molar-refractivity contribution in [2.24, 2.45) is 0 Å². The van der Waals surface area contributed by atoms with E-state index in [4.69, 9.17) is 0 Å². The molecular weight excluding hydrogens is 368 g/mol. The first-order valence-corrected chi connectivity index (χ1v) is 11.2. The number of anilines is 4. The lowest BCUT2D eigenvalue weighted by molar-refractivity contribution is 0.791. The van der Waals surface area contributed by atoms with E-state index in [9.17, 15) is 0 Å². The van der Waals surface area contributed by atoms with Crippen LogP contribution in [0.1, 0.15) is 35.1 Å². The second-order valence-electron chi connectivity index (χ2n) is 9.50. The van der Waals surface area contributed by atoms with Crippen molar-refractivity contribution in [2.45, 2.75) is 38.5 Å². The molecule has 4 aliphatic rings. The van der Waals surface area contributed by atoms with Crippen LogP contribution >= 0.6 is 0 Å². The molecule has 2 aromatic rings. The van der Waals surface area contributed by atoms with Crippen molar-refractivity contribution in [3.63, 3.8) is 0 Å². The van der Waals surface area contributed by atoms with Crippen LogP contribution in [-0.4, -0.2) is 56.4 Å². The third kappa shape index (κ3) is 4.69. The van der Waals surface area contributed by atoms with Crippen LogP contribution in [0, 0.1) is 0 Å². The molecule has 30 heavy (non-hydrogen) atoms. The van der Waals surface area contributed by atoms with Crippen LogP contribution in [0.3, 0.4) is 0 Å². The Morgan fingerprint density at radius 1 is 0.400 bits per heavy atom. The van der Waals surface area contributed by atoms with Gasteiger partial charge >= 0.3 is 0 Å². The van der Waals surface area contributed by atoms with Gasteiger partial charge in [-0.2, -0.15) is 0 Å². The molecule has 0 atom stereocenters. The summed E-state index contributed by atoms with van der Waals surface area (Å²) in [6.45, 7) is 0. The Labute approximate surface area is 184 Å². The highest BCUT2D eigenvalue weighted by Crippen LogP contribution is 2.35.